The molecule has 4 heteroatoms. The second-order valence-electron chi connectivity index (χ2n) is 5.16. The molecule has 2 rings (SSSR count). The van der Waals surface area contributed by atoms with Crippen LogP contribution in [0.15, 0.2) is 48.5 Å². The molecule has 22 heavy (non-hydrogen) atoms. The molecule has 0 aliphatic rings. The Hall–Kier alpha value is -2.20. The first kappa shape index (κ1) is 16.2. The highest BCUT2D eigenvalue weighted by molar-refractivity contribution is 5.47. The van der Waals surface area contributed by atoms with Gasteiger partial charge in [0.2, 0.25) is 0 Å². The second kappa shape index (κ2) is 8.29. The predicted octanol–water partition coefficient (Wildman–Crippen LogP) is 3.11. The summed E-state index contributed by atoms with van der Waals surface area (Å²) in [4.78, 5) is 0. The van der Waals surface area contributed by atoms with Crippen LogP contribution in [-0.2, 0) is 6.42 Å². The third-order valence-corrected chi connectivity index (χ3v) is 3.35. The Morgan fingerprint density at radius 1 is 1.09 bits per heavy atom. The van der Waals surface area contributed by atoms with Gasteiger partial charge in [0.25, 0.3) is 0 Å². The van der Waals surface area contributed by atoms with E-state index in [0.717, 1.165) is 23.6 Å². The second-order valence-corrected chi connectivity index (χ2v) is 5.16. The molecule has 0 fully saturated rings. The Kier molecular flexibility index (Phi) is 6.10. The zero-order valence-electron chi connectivity index (χ0n) is 13.1. The first-order valence-corrected chi connectivity index (χ1v) is 7.45. The van der Waals surface area contributed by atoms with Crippen LogP contribution in [0.1, 0.15) is 12.5 Å². The van der Waals surface area contributed by atoms with Gasteiger partial charge in [-0.05, 0) is 49.2 Å². The lowest BCUT2D eigenvalue weighted by molar-refractivity contribution is 0.201. The maximum Gasteiger partial charge on any atom is 0.122 e. The number of ether oxygens (including phenoxy) is 2. The van der Waals surface area contributed by atoms with Crippen LogP contribution in [0.2, 0.25) is 0 Å². The third kappa shape index (κ3) is 4.67. The van der Waals surface area contributed by atoms with Crippen molar-refractivity contribution in [3.63, 3.8) is 0 Å². The molecule has 118 valence electrons. The minimum absolute atomic E-state index is 0.0238. The smallest absolute Gasteiger partial charge is 0.122 e. The molecule has 0 aromatic heterocycles. The topological polar surface area (TPSA) is 50.7 Å². The minimum atomic E-state index is 0.0238. The van der Waals surface area contributed by atoms with E-state index in [0.29, 0.717) is 6.61 Å². The highest BCUT2D eigenvalue weighted by atomic mass is 16.5. The van der Waals surface area contributed by atoms with E-state index in [4.69, 9.17) is 14.6 Å². The van der Waals surface area contributed by atoms with Gasteiger partial charge in [-0.15, -0.1) is 0 Å². The van der Waals surface area contributed by atoms with Crippen LogP contribution in [0, 0.1) is 0 Å². The van der Waals surface area contributed by atoms with E-state index in [-0.39, 0.29) is 12.6 Å². The fourth-order valence-corrected chi connectivity index (χ4v) is 2.35. The molecule has 0 amide bonds. The average molecular weight is 301 g/mol. The van der Waals surface area contributed by atoms with Crippen LogP contribution in [0.5, 0.6) is 11.5 Å². The molecule has 0 saturated carbocycles. The van der Waals surface area contributed by atoms with E-state index < -0.39 is 0 Å². The molecule has 0 heterocycles. The van der Waals surface area contributed by atoms with Gasteiger partial charge in [0.15, 0.2) is 0 Å². The molecule has 1 unspecified atom stereocenters. The molecular formula is C18H23NO3. The minimum Gasteiger partial charge on any atom is -0.496 e. The maximum absolute atomic E-state index is 8.74. The Morgan fingerprint density at radius 3 is 2.50 bits per heavy atom. The van der Waals surface area contributed by atoms with Crippen molar-refractivity contribution in [2.24, 2.45) is 0 Å². The van der Waals surface area contributed by atoms with Gasteiger partial charge in [-0.1, -0.05) is 18.2 Å². The Labute approximate surface area is 131 Å². The van der Waals surface area contributed by atoms with E-state index in [2.05, 4.69) is 18.3 Å². The van der Waals surface area contributed by atoms with Crippen molar-refractivity contribution >= 4 is 5.69 Å². The molecule has 2 aromatic rings. The highest BCUT2D eigenvalue weighted by Crippen LogP contribution is 2.21. The van der Waals surface area contributed by atoms with Crippen LogP contribution >= 0.6 is 0 Å². The summed E-state index contributed by atoms with van der Waals surface area (Å²) in [5, 5.41) is 12.2. The molecule has 4 nitrogen and oxygen atoms in total. The van der Waals surface area contributed by atoms with Crippen molar-refractivity contribution in [2.45, 2.75) is 19.4 Å². The molecule has 0 aliphatic carbocycles. The lowest BCUT2D eigenvalue weighted by Crippen LogP contribution is -2.18. The zero-order valence-corrected chi connectivity index (χ0v) is 13.1. The van der Waals surface area contributed by atoms with E-state index in [1.54, 1.807) is 7.11 Å². The van der Waals surface area contributed by atoms with E-state index >= 15 is 0 Å². The number of anilines is 1. The quantitative estimate of drug-likeness (QED) is 0.786. The number of hydrogen-bond acceptors (Lipinski definition) is 4. The van der Waals surface area contributed by atoms with Gasteiger partial charge >= 0.3 is 0 Å². The predicted molar refractivity (Wildman–Crippen MR) is 88.8 cm³/mol. The molecule has 0 spiro atoms. The van der Waals surface area contributed by atoms with Crippen LogP contribution in [0.4, 0.5) is 5.69 Å². The first-order valence-electron chi connectivity index (χ1n) is 7.45. The summed E-state index contributed by atoms with van der Waals surface area (Å²) < 4.78 is 10.7. The van der Waals surface area contributed by atoms with Gasteiger partial charge < -0.3 is 19.9 Å². The highest BCUT2D eigenvalue weighted by Gasteiger charge is 2.08. The first-order chi connectivity index (χ1) is 10.7. The van der Waals surface area contributed by atoms with Crippen LogP contribution in [0.25, 0.3) is 0 Å². The SMILES string of the molecule is COc1ccccc1CC(C)Nc1ccc(OCCO)cc1. The van der Waals surface area contributed by atoms with Crippen LogP contribution < -0.4 is 14.8 Å². The molecule has 0 bridgehead atoms. The summed E-state index contributed by atoms with van der Waals surface area (Å²) in [6, 6.07) is 16.1. The zero-order chi connectivity index (χ0) is 15.8. The number of hydrogen-bond donors (Lipinski definition) is 2. The number of aliphatic hydroxyl groups excluding tert-OH is 1. The average Bonchev–Trinajstić information content (AvgIpc) is 2.54. The van der Waals surface area contributed by atoms with Gasteiger partial charge in [-0.3, -0.25) is 0 Å². The number of para-hydroxylation sites is 1. The molecular weight excluding hydrogens is 278 g/mol. The van der Waals surface area contributed by atoms with Crippen molar-refractivity contribution < 1.29 is 14.6 Å². The van der Waals surface area contributed by atoms with E-state index in [9.17, 15) is 0 Å². The van der Waals surface area contributed by atoms with Gasteiger partial charge in [0.05, 0.1) is 13.7 Å². The summed E-state index contributed by atoms with van der Waals surface area (Å²) in [6.07, 6.45) is 0.882. The van der Waals surface area contributed by atoms with Crippen molar-refractivity contribution in [3.8, 4) is 11.5 Å². The molecule has 0 radical (unpaired) electrons. The largest absolute Gasteiger partial charge is 0.496 e. The van der Waals surface area contributed by atoms with Gasteiger partial charge in [-0.25, -0.2) is 0 Å². The fraction of sp³-hybridized carbons (Fsp3) is 0.333. The van der Waals surface area contributed by atoms with Gasteiger partial charge in [0, 0.05) is 11.7 Å². The normalized spacial score (nSPS) is 11.8. The van der Waals surface area contributed by atoms with Crippen molar-refractivity contribution in [1.82, 2.24) is 0 Å². The molecule has 0 saturated heterocycles. The van der Waals surface area contributed by atoms with Crippen molar-refractivity contribution in [2.75, 3.05) is 25.6 Å². The Bertz CT molecular complexity index is 569. The van der Waals surface area contributed by atoms with Crippen molar-refractivity contribution in [1.29, 1.82) is 0 Å². The lowest BCUT2D eigenvalue weighted by Gasteiger charge is -2.17. The number of rotatable bonds is 8. The summed E-state index contributed by atoms with van der Waals surface area (Å²) in [5.74, 6) is 1.68. The molecule has 2 N–H and O–H groups in total. The summed E-state index contributed by atoms with van der Waals surface area (Å²) in [7, 11) is 1.70. The summed E-state index contributed by atoms with van der Waals surface area (Å²) in [6.45, 7) is 2.48. The summed E-state index contributed by atoms with van der Waals surface area (Å²) >= 11 is 0. The Balaban J connectivity index is 1.92. The molecule has 0 aliphatic heterocycles. The molecule has 2 aromatic carbocycles. The number of methoxy groups -OCH3 is 1. The number of benzene rings is 2. The third-order valence-electron chi connectivity index (χ3n) is 3.35. The standard InChI is InChI=1S/C18H23NO3/c1-14(13-15-5-3-4-6-18(15)21-2)19-16-7-9-17(10-8-16)22-12-11-20/h3-10,14,19-20H,11-13H2,1-2H3. The van der Waals surface area contributed by atoms with E-state index in [1.807, 2.05) is 42.5 Å². The fourth-order valence-electron chi connectivity index (χ4n) is 2.35. The van der Waals surface area contributed by atoms with Crippen molar-refractivity contribution in [3.05, 3.63) is 54.1 Å². The Morgan fingerprint density at radius 2 is 1.82 bits per heavy atom. The van der Waals surface area contributed by atoms with Gasteiger partial charge in [0.1, 0.15) is 18.1 Å². The summed E-state index contributed by atoms with van der Waals surface area (Å²) in [5.41, 5.74) is 2.23. The lowest BCUT2D eigenvalue weighted by atomic mass is 10.1. The number of nitrogens with one attached hydrogen (secondary N) is 1. The monoisotopic (exact) mass is 301 g/mol. The van der Waals surface area contributed by atoms with Crippen LogP contribution in [0.3, 0.4) is 0 Å². The number of aliphatic hydroxyl groups is 1. The maximum atomic E-state index is 8.74. The van der Waals surface area contributed by atoms with Gasteiger partial charge in [-0.2, -0.15) is 0 Å². The van der Waals surface area contributed by atoms with E-state index in [1.165, 1.54) is 5.56 Å². The molecule has 1 atom stereocenters. The van der Waals surface area contributed by atoms with Crippen LogP contribution in [-0.4, -0.2) is 31.5 Å².